The first kappa shape index (κ1) is 18.9. The Morgan fingerprint density at radius 3 is 1.43 bits per heavy atom. The SMILES string of the molecule is C=C(C)/C=C(C)\C(C)=C/C.CC.CC. The summed E-state index contributed by atoms with van der Waals surface area (Å²) in [6.45, 7) is 20.1. The fourth-order valence-corrected chi connectivity index (χ4v) is 0.711. The molecule has 0 fully saturated rings. The average Bonchev–Trinajstić information content (AvgIpc) is 2.21. The molecular weight excluding hydrogens is 168 g/mol. The molecule has 0 atom stereocenters. The summed E-state index contributed by atoms with van der Waals surface area (Å²) in [6.07, 6.45) is 4.20. The number of hydrogen-bond acceptors (Lipinski definition) is 0. The molecular formula is C14H28. The summed E-state index contributed by atoms with van der Waals surface area (Å²) in [7, 11) is 0. The lowest BCUT2D eigenvalue weighted by molar-refractivity contribution is 1.31. The topological polar surface area (TPSA) is 0 Å². The molecule has 0 rings (SSSR count). The van der Waals surface area contributed by atoms with Crippen LogP contribution < -0.4 is 0 Å². The maximum Gasteiger partial charge on any atom is -0.0395 e. The van der Waals surface area contributed by atoms with Gasteiger partial charge in [-0.1, -0.05) is 57.6 Å². The smallest absolute Gasteiger partial charge is 0.0395 e. The molecule has 0 aliphatic carbocycles. The van der Waals surface area contributed by atoms with E-state index in [2.05, 4.69) is 32.6 Å². The zero-order chi connectivity index (χ0) is 12.1. The third-order valence-corrected chi connectivity index (χ3v) is 1.52. The summed E-state index contributed by atoms with van der Waals surface area (Å²) >= 11 is 0. The van der Waals surface area contributed by atoms with Gasteiger partial charge in [-0.2, -0.15) is 0 Å². The number of allylic oxidation sites excluding steroid dienone is 5. The molecule has 84 valence electrons. The Kier molecular flexibility index (Phi) is 19.9. The second-order valence-corrected chi connectivity index (χ2v) is 2.65. The van der Waals surface area contributed by atoms with Crippen LogP contribution in [0.1, 0.15) is 55.4 Å². The van der Waals surface area contributed by atoms with Gasteiger partial charge in [0.25, 0.3) is 0 Å². The van der Waals surface area contributed by atoms with Gasteiger partial charge in [0.1, 0.15) is 0 Å². The normalized spacial score (nSPS) is 10.6. The van der Waals surface area contributed by atoms with Gasteiger partial charge in [-0.25, -0.2) is 0 Å². The maximum absolute atomic E-state index is 3.81. The van der Waals surface area contributed by atoms with E-state index in [0.717, 1.165) is 5.57 Å². The van der Waals surface area contributed by atoms with E-state index in [-0.39, 0.29) is 0 Å². The molecule has 0 spiro atoms. The lowest BCUT2D eigenvalue weighted by atomic mass is 10.1. The van der Waals surface area contributed by atoms with E-state index in [1.165, 1.54) is 11.1 Å². The Morgan fingerprint density at radius 2 is 1.21 bits per heavy atom. The summed E-state index contributed by atoms with van der Waals surface area (Å²) in [5, 5.41) is 0. The quantitative estimate of drug-likeness (QED) is 0.510. The summed E-state index contributed by atoms with van der Waals surface area (Å²) in [6, 6.07) is 0. The third-order valence-electron chi connectivity index (χ3n) is 1.52. The van der Waals surface area contributed by atoms with Crippen molar-refractivity contribution in [1.29, 1.82) is 0 Å². The molecule has 0 aliphatic heterocycles. The van der Waals surface area contributed by atoms with E-state index in [9.17, 15) is 0 Å². The Labute approximate surface area is 91.4 Å². The second kappa shape index (κ2) is 14.7. The van der Waals surface area contributed by atoms with Crippen molar-refractivity contribution >= 4 is 0 Å². The Morgan fingerprint density at radius 1 is 0.857 bits per heavy atom. The molecule has 0 aromatic carbocycles. The molecule has 14 heavy (non-hydrogen) atoms. The maximum atomic E-state index is 3.81. The van der Waals surface area contributed by atoms with Gasteiger partial charge in [0.15, 0.2) is 0 Å². The van der Waals surface area contributed by atoms with Crippen molar-refractivity contribution in [2.24, 2.45) is 0 Å². The van der Waals surface area contributed by atoms with E-state index in [4.69, 9.17) is 0 Å². The fourth-order valence-electron chi connectivity index (χ4n) is 0.711. The summed E-state index contributed by atoms with van der Waals surface area (Å²) in [5.41, 5.74) is 3.73. The molecule has 0 aromatic rings. The van der Waals surface area contributed by atoms with Gasteiger partial charge in [-0.3, -0.25) is 0 Å². The summed E-state index contributed by atoms with van der Waals surface area (Å²) in [5.74, 6) is 0. The zero-order valence-electron chi connectivity index (χ0n) is 11.4. The van der Waals surface area contributed by atoms with Crippen LogP contribution >= 0.6 is 0 Å². The van der Waals surface area contributed by atoms with Crippen molar-refractivity contribution in [3.8, 4) is 0 Å². The van der Waals surface area contributed by atoms with Crippen LogP contribution in [0.3, 0.4) is 0 Å². The van der Waals surface area contributed by atoms with Crippen molar-refractivity contribution in [3.63, 3.8) is 0 Å². The Bertz CT molecular complexity index is 180. The Balaban J connectivity index is -0.000000266. The first-order chi connectivity index (χ1) is 6.57. The minimum absolute atomic E-state index is 1.11. The van der Waals surface area contributed by atoms with Gasteiger partial charge < -0.3 is 0 Å². The minimum atomic E-state index is 1.11. The summed E-state index contributed by atoms with van der Waals surface area (Å²) < 4.78 is 0. The molecule has 0 saturated heterocycles. The third kappa shape index (κ3) is 13.8. The molecule has 0 amide bonds. The van der Waals surface area contributed by atoms with E-state index < -0.39 is 0 Å². The van der Waals surface area contributed by atoms with E-state index >= 15 is 0 Å². The van der Waals surface area contributed by atoms with Gasteiger partial charge in [-0.15, -0.1) is 0 Å². The van der Waals surface area contributed by atoms with Gasteiger partial charge >= 0.3 is 0 Å². The molecule has 0 heterocycles. The van der Waals surface area contributed by atoms with Crippen LogP contribution in [0.2, 0.25) is 0 Å². The molecule has 0 heteroatoms. The lowest BCUT2D eigenvalue weighted by Crippen LogP contribution is -1.78. The zero-order valence-corrected chi connectivity index (χ0v) is 11.4. The number of hydrogen-bond donors (Lipinski definition) is 0. The predicted octanol–water partition coefficient (Wildman–Crippen LogP) is 5.53. The van der Waals surface area contributed by atoms with Crippen molar-refractivity contribution in [2.75, 3.05) is 0 Å². The van der Waals surface area contributed by atoms with Crippen molar-refractivity contribution in [3.05, 3.63) is 35.5 Å². The molecule has 0 bridgehead atoms. The highest BCUT2D eigenvalue weighted by molar-refractivity contribution is 5.32. The fraction of sp³-hybridized carbons (Fsp3) is 0.571. The first-order valence-electron chi connectivity index (χ1n) is 5.55. The van der Waals surface area contributed by atoms with Gasteiger partial charge in [0, 0.05) is 0 Å². The highest BCUT2D eigenvalue weighted by Crippen LogP contribution is 2.09. The molecule has 0 radical (unpaired) electrons. The van der Waals surface area contributed by atoms with Crippen LogP contribution in [0.5, 0.6) is 0 Å². The highest BCUT2D eigenvalue weighted by atomic mass is 13.9. The van der Waals surface area contributed by atoms with E-state index in [0.29, 0.717) is 0 Å². The van der Waals surface area contributed by atoms with Gasteiger partial charge in [-0.05, 0) is 33.3 Å². The van der Waals surface area contributed by atoms with Gasteiger partial charge in [0.2, 0.25) is 0 Å². The monoisotopic (exact) mass is 196 g/mol. The van der Waals surface area contributed by atoms with Crippen molar-refractivity contribution in [1.82, 2.24) is 0 Å². The standard InChI is InChI=1S/C10H16.2C2H6/c1-6-9(4)10(5)7-8(2)3;2*1-2/h6-7H,2H2,1,3-5H3;2*1-2H3/b9-6-,10-7-;;. The average molecular weight is 196 g/mol. The van der Waals surface area contributed by atoms with Crippen LogP contribution in [0, 0.1) is 0 Å². The molecule has 0 unspecified atom stereocenters. The van der Waals surface area contributed by atoms with Crippen LogP contribution in [-0.4, -0.2) is 0 Å². The molecule has 0 aliphatic rings. The van der Waals surface area contributed by atoms with Crippen LogP contribution in [-0.2, 0) is 0 Å². The molecule has 0 N–H and O–H groups in total. The van der Waals surface area contributed by atoms with E-state index in [1.807, 2.05) is 41.5 Å². The van der Waals surface area contributed by atoms with Crippen molar-refractivity contribution < 1.29 is 0 Å². The van der Waals surface area contributed by atoms with E-state index in [1.54, 1.807) is 0 Å². The van der Waals surface area contributed by atoms with Crippen LogP contribution in [0.15, 0.2) is 35.5 Å². The summed E-state index contributed by atoms with van der Waals surface area (Å²) in [4.78, 5) is 0. The minimum Gasteiger partial charge on any atom is -0.0961 e. The van der Waals surface area contributed by atoms with Crippen LogP contribution in [0.25, 0.3) is 0 Å². The molecule has 0 aromatic heterocycles. The lowest BCUT2D eigenvalue weighted by Gasteiger charge is -1.98. The van der Waals surface area contributed by atoms with Crippen molar-refractivity contribution in [2.45, 2.75) is 55.4 Å². The second-order valence-electron chi connectivity index (χ2n) is 2.65. The highest BCUT2D eigenvalue weighted by Gasteiger charge is 1.88. The predicted molar refractivity (Wildman–Crippen MR) is 70.7 cm³/mol. The molecule has 0 nitrogen and oxygen atoms in total. The molecule has 0 saturated carbocycles. The Hall–Kier alpha value is -0.780. The number of rotatable bonds is 2. The van der Waals surface area contributed by atoms with Gasteiger partial charge in [0.05, 0.1) is 0 Å². The van der Waals surface area contributed by atoms with Crippen LogP contribution in [0.4, 0.5) is 0 Å². The first-order valence-corrected chi connectivity index (χ1v) is 5.55. The largest absolute Gasteiger partial charge is 0.0961 e.